The van der Waals surface area contributed by atoms with E-state index < -0.39 is 11.2 Å². The van der Waals surface area contributed by atoms with Crippen molar-refractivity contribution in [2.24, 2.45) is 0 Å². The molecule has 1 unspecified atom stereocenters. The molecule has 1 saturated heterocycles. The van der Waals surface area contributed by atoms with Crippen LogP contribution in [-0.2, 0) is 21.7 Å². The number of halogens is 1. The van der Waals surface area contributed by atoms with Crippen molar-refractivity contribution in [2.75, 3.05) is 13.1 Å². The zero-order valence-electron chi connectivity index (χ0n) is 18.2. The molecule has 1 atom stereocenters. The fraction of sp³-hybridized carbons (Fsp3) is 0.308. The number of aromatic nitrogens is 1. The number of nitrogens with zero attached hydrogens (tertiary/aromatic N) is 2. The van der Waals surface area contributed by atoms with Crippen LogP contribution in [0.5, 0.6) is 5.75 Å². The SMILES string of the molecule is CC(C)(Oc1ccc(-c2ccc(F)cn2)cc1)C(=O)N1CCC2(C1)OCc1ccccc12. The lowest BCUT2D eigenvalue weighted by Gasteiger charge is -2.31. The van der Waals surface area contributed by atoms with Gasteiger partial charge in [0.15, 0.2) is 5.60 Å². The van der Waals surface area contributed by atoms with Crippen molar-refractivity contribution in [3.63, 3.8) is 0 Å². The zero-order valence-corrected chi connectivity index (χ0v) is 18.2. The van der Waals surface area contributed by atoms with Crippen LogP contribution < -0.4 is 4.74 Å². The molecule has 0 aliphatic carbocycles. The number of carbonyl (C=O) groups is 1. The van der Waals surface area contributed by atoms with Gasteiger partial charge in [-0.25, -0.2) is 4.39 Å². The molecule has 2 aliphatic heterocycles. The molecule has 32 heavy (non-hydrogen) atoms. The first-order chi connectivity index (χ1) is 15.4. The molecule has 0 radical (unpaired) electrons. The summed E-state index contributed by atoms with van der Waals surface area (Å²) < 4.78 is 25.4. The second-order valence-electron chi connectivity index (χ2n) is 8.92. The number of benzene rings is 2. The number of likely N-dealkylation sites (tertiary alicyclic amines) is 1. The van der Waals surface area contributed by atoms with Gasteiger partial charge in [-0.3, -0.25) is 9.78 Å². The minimum absolute atomic E-state index is 0.0633. The number of carbonyl (C=O) groups excluding carboxylic acids is 1. The summed E-state index contributed by atoms with van der Waals surface area (Å²) in [4.78, 5) is 19.3. The van der Waals surface area contributed by atoms with Crippen LogP contribution in [0.25, 0.3) is 11.3 Å². The summed E-state index contributed by atoms with van der Waals surface area (Å²) in [5.41, 5.74) is 2.48. The summed E-state index contributed by atoms with van der Waals surface area (Å²) in [7, 11) is 0. The fourth-order valence-corrected chi connectivity index (χ4v) is 4.64. The minimum Gasteiger partial charge on any atom is -0.478 e. The molecule has 2 aromatic carbocycles. The van der Waals surface area contributed by atoms with Crippen molar-refractivity contribution in [2.45, 2.75) is 38.1 Å². The number of pyridine rings is 1. The van der Waals surface area contributed by atoms with Gasteiger partial charge in [-0.05, 0) is 67.8 Å². The number of amides is 1. The third-order valence-corrected chi connectivity index (χ3v) is 6.30. The van der Waals surface area contributed by atoms with Crippen LogP contribution in [0.1, 0.15) is 31.4 Å². The smallest absolute Gasteiger partial charge is 0.266 e. The van der Waals surface area contributed by atoms with E-state index in [0.29, 0.717) is 31.1 Å². The van der Waals surface area contributed by atoms with Crippen molar-refractivity contribution in [3.05, 3.63) is 83.8 Å². The Morgan fingerprint density at radius 3 is 2.66 bits per heavy atom. The number of ether oxygens (including phenoxy) is 2. The highest BCUT2D eigenvalue weighted by molar-refractivity contribution is 5.85. The van der Waals surface area contributed by atoms with Crippen LogP contribution in [0, 0.1) is 5.82 Å². The second-order valence-corrected chi connectivity index (χ2v) is 8.92. The molecular weight excluding hydrogens is 407 g/mol. The molecule has 6 heteroatoms. The molecule has 3 aromatic rings. The van der Waals surface area contributed by atoms with E-state index in [9.17, 15) is 9.18 Å². The van der Waals surface area contributed by atoms with Crippen LogP contribution >= 0.6 is 0 Å². The van der Waals surface area contributed by atoms with Gasteiger partial charge in [-0.15, -0.1) is 0 Å². The normalized spacial score (nSPS) is 19.9. The van der Waals surface area contributed by atoms with Crippen molar-refractivity contribution >= 4 is 5.91 Å². The van der Waals surface area contributed by atoms with E-state index in [1.807, 2.05) is 29.2 Å². The van der Waals surface area contributed by atoms with Gasteiger partial charge < -0.3 is 14.4 Å². The lowest BCUT2D eigenvalue weighted by molar-refractivity contribution is -0.145. The molecular formula is C26H25FN2O3. The van der Waals surface area contributed by atoms with Crippen LogP contribution in [0.3, 0.4) is 0 Å². The maximum absolute atomic E-state index is 13.3. The predicted octanol–water partition coefficient (Wildman–Crippen LogP) is 4.70. The molecule has 0 N–H and O–H groups in total. The Balaban J connectivity index is 1.28. The molecule has 1 fully saturated rings. The maximum atomic E-state index is 13.3. The van der Waals surface area contributed by atoms with Gasteiger partial charge in [0, 0.05) is 12.1 Å². The Bertz CT molecular complexity index is 1140. The molecule has 1 spiro atoms. The average Bonchev–Trinajstić information content (AvgIpc) is 3.39. The molecule has 5 rings (SSSR count). The Hall–Kier alpha value is -3.25. The molecule has 164 valence electrons. The third-order valence-electron chi connectivity index (χ3n) is 6.30. The number of rotatable bonds is 4. The average molecular weight is 432 g/mol. The highest BCUT2D eigenvalue weighted by Gasteiger charge is 2.49. The zero-order chi connectivity index (χ0) is 22.3. The molecule has 2 aliphatic rings. The van der Waals surface area contributed by atoms with Crippen LogP contribution in [0.4, 0.5) is 4.39 Å². The monoisotopic (exact) mass is 432 g/mol. The first kappa shape index (κ1) is 20.6. The second kappa shape index (κ2) is 7.71. The maximum Gasteiger partial charge on any atom is 0.266 e. The van der Waals surface area contributed by atoms with Gasteiger partial charge in [0.2, 0.25) is 0 Å². The van der Waals surface area contributed by atoms with E-state index >= 15 is 0 Å². The van der Waals surface area contributed by atoms with Gasteiger partial charge in [0.1, 0.15) is 17.2 Å². The number of fused-ring (bicyclic) bond motifs is 2. The first-order valence-electron chi connectivity index (χ1n) is 10.8. The highest BCUT2D eigenvalue weighted by Crippen LogP contribution is 2.43. The van der Waals surface area contributed by atoms with Crippen LogP contribution in [0.15, 0.2) is 66.9 Å². The summed E-state index contributed by atoms with van der Waals surface area (Å²) in [5.74, 6) is 0.154. The van der Waals surface area contributed by atoms with Crippen molar-refractivity contribution in [3.8, 4) is 17.0 Å². The Labute approximate surface area is 186 Å². The van der Waals surface area contributed by atoms with E-state index in [0.717, 1.165) is 12.0 Å². The Kier molecular flexibility index (Phi) is 4.97. The molecule has 0 bridgehead atoms. The van der Waals surface area contributed by atoms with Crippen molar-refractivity contribution in [1.29, 1.82) is 0 Å². The van der Waals surface area contributed by atoms with Gasteiger partial charge in [0.25, 0.3) is 5.91 Å². The quantitative estimate of drug-likeness (QED) is 0.600. The fourth-order valence-electron chi connectivity index (χ4n) is 4.64. The van der Waals surface area contributed by atoms with E-state index in [1.54, 1.807) is 32.0 Å². The summed E-state index contributed by atoms with van der Waals surface area (Å²) in [5, 5.41) is 0. The lowest BCUT2D eigenvalue weighted by Crippen LogP contribution is -2.49. The van der Waals surface area contributed by atoms with E-state index in [-0.39, 0.29) is 11.7 Å². The largest absolute Gasteiger partial charge is 0.478 e. The minimum atomic E-state index is -1.03. The number of hydrogen-bond acceptors (Lipinski definition) is 4. The molecule has 5 nitrogen and oxygen atoms in total. The third kappa shape index (κ3) is 3.65. The summed E-state index contributed by atoms with van der Waals surface area (Å²) in [6.07, 6.45) is 1.97. The van der Waals surface area contributed by atoms with Crippen molar-refractivity contribution in [1.82, 2.24) is 9.88 Å². The Morgan fingerprint density at radius 1 is 1.12 bits per heavy atom. The van der Waals surface area contributed by atoms with Gasteiger partial charge in [-0.1, -0.05) is 24.3 Å². The van der Waals surface area contributed by atoms with Gasteiger partial charge in [-0.2, -0.15) is 0 Å². The van der Waals surface area contributed by atoms with E-state index in [4.69, 9.17) is 9.47 Å². The predicted molar refractivity (Wildman–Crippen MR) is 118 cm³/mol. The van der Waals surface area contributed by atoms with Gasteiger partial charge in [0.05, 0.1) is 25.0 Å². The standard InChI is InChI=1S/C26H25FN2O3/c1-25(2,32-21-10-7-18(8-11-21)23-12-9-20(27)15-28-23)24(30)29-14-13-26(17-29)22-6-4-3-5-19(22)16-31-26/h3-12,15H,13-14,16-17H2,1-2H3. The molecule has 0 saturated carbocycles. The van der Waals surface area contributed by atoms with Crippen LogP contribution in [-0.4, -0.2) is 34.5 Å². The molecule has 3 heterocycles. The van der Waals surface area contributed by atoms with E-state index in [2.05, 4.69) is 17.1 Å². The van der Waals surface area contributed by atoms with Crippen LogP contribution in [0.2, 0.25) is 0 Å². The topological polar surface area (TPSA) is 51.7 Å². The molecule has 1 aromatic heterocycles. The summed E-state index contributed by atoms with van der Waals surface area (Å²) in [6, 6.07) is 18.6. The summed E-state index contributed by atoms with van der Waals surface area (Å²) >= 11 is 0. The number of hydrogen-bond donors (Lipinski definition) is 0. The highest BCUT2D eigenvalue weighted by atomic mass is 19.1. The first-order valence-corrected chi connectivity index (χ1v) is 10.8. The lowest BCUT2D eigenvalue weighted by atomic mass is 9.92. The van der Waals surface area contributed by atoms with Gasteiger partial charge >= 0.3 is 0 Å². The molecule has 1 amide bonds. The van der Waals surface area contributed by atoms with E-state index in [1.165, 1.54) is 23.4 Å². The summed E-state index contributed by atoms with van der Waals surface area (Å²) in [6.45, 7) is 5.34. The van der Waals surface area contributed by atoms with Crippen molar-refractivity contribution < 1.29 is 18.7 Å². The Morgan fingerprint density at radius 2 is 1.91 bits per heavy atom.